The van der Waals surface area contributed by atoms with Crippen molar-refractivity contribution < 1.29 is 31.1 Å². The molecule has 1 amide bonds. The van der Waals surface area contributed by atoms with Gasteiger partial charge in [-0.3, -0.25) is 10.2 Å². The van der Waals surface area contributed by atoms with Gasteiger partial charge in [-0.2, -0.15) is 8.78 Å². The first-order valence-electron chi connectivity index (χ1n) is 6.31. The second-order valence-corrected chi connectivity index (χ2v) is 6.51. The smallest absolute Gasteiger partial charge is 0.387 e. The van der Waals surface area contributed by atoms with Crippen LogP contribution in [0.1, 0.15) is 16.1 Å². The molecule has 1 aromatic heterocycles. The molecule has 0 spiro atoms. The van der Waals surface area contributed by atoms with Gasteiger partial charge in [0.25, 0.3) is 15.9 Å². The van der Waals surface area contributed by atoms with Gasteiger partial charge < -0.3 is 9.15 Å². The van der Waals surface area contributed by atoms with E-state index < -0.39 is 22.5 Å². The average Bonchev–Trinajstić information content (AvgIpc) is 2.92. The van der Waals surface area contributed by atoms with Gasteiger partial charge in [-0.25, -0.2) is 8.42 Å². The summed E-state index contributed by atoms with van der Waals surface area (Å²) in [5.74, 6) is -0.791. The Hall–Kier alpha value is -2.17. The molecule has 2 rings (SSSR count). The molecular weight excluding hydrogens is 370 g/mol. The molecule has 130 valence electrons. The van der Waals surface area contributed by atoms with Gasteiger partial charge in [-0.15, -0.1) is 4.83 Å². The summed E-state index contributed by atoms with van der Waals surface area (Å²) in [7, 11) is -4.17. The second-order valence-electron chi connectivity index (χ2n) is 4.42. The zero-order chi connectivity index (χ0) is 17.9. The van der Waals surface area contributed by atoms with Gasteiger partial charge in [-0.05, 0) is 31.2 Å². The van der Waals surface area contributed by atoms with Crippen LogP contribution >= 0.6 is 11.6 Å². The SMILES string of the molecule is Cc1occc1C(=O)NNS(=O)(=O)c1ccc(OC(F)F)c(Cl)c1. The Morgan fingerprint density at radius 2 is 2.04 bits per heavy atom. The molecule has 24 heavy (non-hydrogen) atoms. The predicted molar refractivity (Wildman–Crippen MR) is 79.3 cm³/mol. The van der Waals surface area contributed by atoms with Crippen molar-refractivity contribution >= 4 is 27.5 Å². The van der Waals surface area contributed by atoms with Gasteiger partial charge in [0.15, 0.2) is 0 Å². The highest BCUT2D eigenvalue weighted by Crippen LogP contribution is 2.28. The molecule has 7 nitrogen and oxygen atoms in total. The monoisotopic (exact) mass is 380 g/mol. The lowest BCUT2D eigenvalue weighted by Crippen LogP contribution is -2.41. The molecule has 0 aliphatic rings. The van der Waals surface area contributed by atoms with Gasteiger partial charge in [0.1, 0.15) is 11.5 Å². The number of amides is 1. The summed E-state index contributed by atoms with van der Waals surface area (Å²) in [4.78, 5) is 13.3. The van der Waals surface area contributed by atoms with Gasteiger partial charge in [-0.1, -0.05) is 11.6 Å². The number of alkyl halides is 2. The van der Waals surface area contributed by atoms with E-state index >= 15 is 0 Å². The Labute approximate surface area is 140 Å². The third-order valence-electron chi connectivity index (χ3n) is 2.83. The molecule has 1 aromatic carbocycles. The van der Waals surface area contributed by atoms with E-state index in [9.17, 15) is 22.0 Å². The molecule has 0 radical (unpaired) electrons. The van der Waals surface area contributed by atoms with Crippen LogP contribution in [0, 0.1) is 6.92 Å². The average molecular weight is 381 g/mol. The Kier molecular flexibility index (Phi) is 5.42. The number of aryl methyl sites for hydroxylation is 1. The number of nitrogens with one attached hydrogen (secondary N) is 2. The fourth-order valence-electron chi connectivity index (χ4n) is 1.70. The number of carbonyl (C=O) groups is 1. The van der Waals surface area contributed by atoms with Gasteiger partial charge >= 0.3 is 6.61 Å². The molecule has 0 bridgehead atoms. The third kappa shape index (κ3) is 4.22. The van der Waals surface area contributed by atoms with Crippen molar-refractivity contribution in [2.24, 2.45) is 0 Å². The minimum Gasteiger partial charge on any atom is -0.469 e. The first-order valence-corrected chi connectivity index (χ1v) is 8.17. The summed E-state index contributed by atoms with van der Waals surface area (Å²) in [5.41, 5.74) is 2.15. The van der Waals surface area contributed by atoms with Crippen molar-refractivity contribution in [2.75, 3.05) is 0 Å². The van der Waals surface area contributed by atoms with E-state index in [4.69, 9.17) is 16.0 Å². The highest BCUT2D eigenvalue weighted by atomic mass is 35.5. The van der Waals surface area contributed by atoms with Crippen LogP contribution in [-0.4, -0.2) is 20.9 Å². The quantitative estimate of drug-likeness (QED) is 0.750. The lowest BCUT2D eigenvalue weighted by Gasteiger charge is -2.10. The summed E-state index contributed by atoms with van der Waals surface area (Å²) in [6.07, 6.45) is 1.28. The summed E-state index contributed by atoms with van der Waals surface area (Å²) in [6.45, 7) is -1.56. The maximum atomic E-state index is 12.1. The van der Waals surface area contributed by atoms with Crippen LogP contribution in [0.4, 0.5) is 8.78 Å². The van der Waals surface area contributed by atoms with Crippen molar-refractivity contribution in [3.05, 3.63) is 46.9 Å². The summed E-state index contributed by atoms with van der Waals surface area (Å²) in [6, 6.07) is 4.26. The summed E-state index contributed by atoms with van der Waals surface area (Å²) in [5, 5.41) is -0.324. The number of carbonyl (C=O) groups excluding carboxylic acids is 1. The minimum atomic E-state index is -4.17. The molecule has 2 aromatic rings. The number of sulfonamides is 1. The fraction of sp³-hybridized carbons (Fsp3) is 0.154. The lowest BCUT2D eigenvalue weighted by molar-refractivity contribution is -0.0498. The highest BCUT2D eigenvalue weighted by molar-refractivity contribution is 7.89. The Morgan fingerprint density at radius 1 is 1.33 bits per heavy atom. The summed E-state index contributed by atoms with van der Waals surface area (Å²) >= 11 is 5.69. The first kappa shape index (κ1) is 18.2. The molecule has 0 saturated carbocycles. The Balaban J connectivity index is 2.11. The van der Waals surface area contributed by atoms with E-state index in [0.29, 0.717) is 5.76 Å². The molecule has 1 heterocycles. The zero-order valence-electron chi connectivity index (χ0n) is 12.0. The number of hydrazine groups is 1. The lowest BCUT2D eigenvalue weighted by atomic mass is 10.2. The Morgan fingerprint density at radius 3 is 2.58 bits per heavy atom. The van der Waals surface area contributed by atoms with Crippen molar-refractivity contribution in [3.8, 4) is 5.75 Å². The molecule has 0 aliphatic heterocycles. The van der Waals surface area contributed by atoms with Crippen LogP contribution in [0.15, 0.2) is 39.8 Å². The van der Waals surface area contributed by atoms with E-state index in [0.717, 1.165) is 18.2 Å². The van der Waals surface area contributed by atoms with E-state index in [1.807, 2.05) is 10.3 Å². The van der Waals surface area contributed by atoms with Crippen LogP contribution in [0.3, 0.4) is 0 Å². The van der Waals surface area contributed by atoms with Crippen LogP contribution in [0.2, 0.25) is 5.02 Å². The molecule has 2 N–H and O–H groups in total. The van der Waals surface area contributed by atoms with Crippen LogP contribution in [0.5, 0.6) is 5.75 Å². The number of benzene rings is 1. The number of hydrogen-bond acceptors (Lipinski definition) is 5. The number of furan rings is 1. The van der Waals surface area contributed by atoms with Crippen molar-refractivity contribution in [1.29, 1.82) is 0 Å². The van der Waals surface area contributed by atoms with Crippen molar-refractivity contribution in [2.45, 2.75) is 18.4 Å². The highest BCUT2D eigenvalue weighted by Gasteiger charge is 2.19. The van der Waals surface area contributed by atoms with Crippen LogP contribution in [-0.2, 0) is 10.0 Å². The van der Waals surface area contributed by atoms with E-state index in [1.165, 1.54) is 19.3 Å². The van der Waals surface area contributed by atoms with Gasteiger partial charge in [0, 0.05) is 0 Å². The molecular formula is C13H11ClF2N2O5S. The Bertz CT molecular complexity index is 854. The molecule has 0 unspecified atom stereocenters. The maximum Gasteiger partial charge on any atom is 0.387 e. The third-order valence-corrected chi connectivity index (χ3v) is 4.37. The second kappa shape index (κ2) is 7.16. The summed E-state index contributed by atoms with van der Waals surface area (Å²) < 4.78 is 57.5. The van der Waals surface area contributed by atoms with Crippen molar-refractivity contribution in [1.82, 2.24) is 10.3 Å². The van der Waals surface area contributed by atoms with Crippen LogP contribution in [0.25, 0.3) is 0 Å². The van der Waals surface area contributed by atoms with Gasteiger partial charge in [0.2, 0.25) is 0 Å². The van der Waals surface area contributed by atoms with Crippen molar-refractivity contribution in [3.63, 3.8) is 0 Å². The largest absolute Gasteiger partial charge is 0.469 e. The zero-order valence-corrected chi connectivity index (χ0v) is 13.6. The molecule has 0 atom stereocenters. The topological polar surface area (TPSA) is 97.6 Å². The fourth-order valence-corrected chi connectivity index (χ4v) is 2.86. The minimum absolute atomic E-state index is 0.149. The maximum absolute atomic E-state index is 12.1. The number of rotatable bonds is 6. The van der Waals surface area contributed by atoms with E-state index in [2.05, 4.69) is 4.74 Å². The number of halogens is 3. The molecule has 0 fully saturated rings. The normalized spacial score (nSPS) is 11.5. The van der Waals surface area contributed by atoms with Gasteiger partial charge in [0.05, 0.1) is 21.7 Å². The van der Waals surface area contributed by atoms with E-state index in [1.54, 1.807) is 0 Å². The molecule has 11 heteroatoms. The number of ether oxygens (including phenoxy) is 1. The standard InChI is InChI=1S/C13H11ClF2N2O5S/c1-7-9(4-5-22-7)12(19)17-18-24(20,21)8-2-3-11(10(14)6-8)23-13(15)16/h2-6,13,18H,1H3,(H,17,19). The molecule has 0 saturated heterocycles. The predicted octanol–water partition coefficient (Wildman–Crippen LogP) is 2.47. The first-order chi connectivity index (χ1) is 11.2. The van der Waals surface area contributed by atoms with E-state index in [-0.39, 0.29) is 21.2 Å². The molecule has 0 aliphatic carbocycles. The number of hydrogen-bond donors (Lipinski definition) is 2. The van der Waals surface area contributed by atoms with Crippen LogP contribution < -0.4 is 15.0 Å².